The van der Waals surface area contributed by atoms with Crippen molar-refractivity contribution in [2.75, 3.05) is 5.32 Å². The maximum Gasteiger partial charge on any atom is 0.417 e. The van der Waals surface area contributed by atoms with Gasteiger partial charge in [-0.05, 0) is 54.2 Å². The maximum absolute atomic E-state index is 13.7. The molecule has 27 heavy (non-hydrogen) atoms. The molecule has 1 aliphatic heterocycles. The summed E-state index contributed by atoms with van der Waals surface area (Å²) in [5.41, 5.74) is 1.55. The molecule has 0 saturated heterocycles. The number of alkyl halides is 3. The number of nitrogens with one attached hydrogen (secondary N) is 1. The molecule has 0 spiro atoms. The van der Waals surface area contributed by atoms with Crippen LogP contribution in [0.15, 0.2) is 48.6 Å². The fourth-order valence-electron chi connectivity index (χ4n) is 4.34. The van der Waals surface area contributed by atoms with Gasteiger partial charge in [-0.3, -0.25) is 0 Å². The van der Waals surface area contributed by atoms with Crippen molar-refractivity contribution in [2.24, 2.45) is 5.92 Å². The van der Waals surface area contributed by atoms with Gasteiger partial charge in [0.2, 0.25) is 0 Å². The number of halogens is 3. The minimum absolute atomic E-state index is 0.0453. The quantitative estimate of drug-likeness (QED) is 0.680. The molecule has 140 valence electrons. The van der Waals surface area contributed by atoms with Crippen LogP contribution < -0.4 is 5.32 Å². The van der Waals surface area contributed by atoms with E-state index in [4.69, 9.17) is 5.11 Å². The van der Waals surface area contributed by atoms with E-state index in [0.29, 0.717) is 17.7 Å². The number of benzene rings is 2. The zero-order valence-corrected chi connectivity index (χ0v) is 14.5. The van der Waals surface area contributed by atoms with Gasteiger partial charge in [-0.15, -0.1) is 0 Å². The summed E-state index contributed by atoms with van der Waals surface area (Å²) >= 11 is 0. The van der Waals surface area contributed by atoms with Crippen LogP contribution in [-0.4, -0.2) is 11.1 Å². The highest BCUT2D eigenvalue weighted by atomic mass is 19.4. The SMILES string of the molecule is Cc1ccc2c(c1C(F)(F)F)[C@@H]1C=CC[C@H]1[C@@H](c1ccc(C(=O)O)cc1)N2. The minimum Gasteiger partial charge on any atom is -0.478 e. The normalized spacial score (nSPS) is 23.5. The van der Waals surface area contributed by atoms with Crippen LogP contribution in [0.5, 0.6) is 0 Å². The molecular formula is C21H18F3NO2. The summed E-state index contributed by atoms with van der Waals surface area (Å²) in [4.78, 5) is 11.1. The first kappa shape index (κ1) is 17.6. The molecule has 1 heterocycles. The number of rotatable bonds is 2. The third-order valence-corrected chi connectivity index (χ3v) is 5.54. The van der Waals surface area contributed by atoms with E-state index in [1.165, 1.54) is 25.1 Å². The number of hydrogen-bond acceptors (Lipinski definition) is 2. The van der Waals surface area contributed by atoms with Crippen LogP contribution in [0, 0.1) is 12.8 Å². The highest BCUT2D eigenvalue weighted by molar-refractivity contribution is 5.87. The molecular weight excluding hydrogens is 355 g/mol. The lowest BCUT2D eigenvalue weighted by Gasteiger charge is -2.39. The lowest BCUT2D eigenvalue weighted by Crippen LogP contribution is -2.31. The van der Waals surface area contributed by atoms with Crippen LogP contribution >= 0.6 is 0 Å². The Morgan fingerprint density at radius 2 is 1.85 bits per heavy atom. The molecule has 0 saturated carbocycles. The second-order valence-corrected chi connectivity index (χ2v) is 7.12. The Bertz CT molecular complexity index is 932. The molecule has 4 rings (SSSR count). The number of carboxylic acids is 1. The number of hydrogen-bond donors (Lipinski definition) is 2. The second-order valence-electron chi connectivity index (χ2n) is 7.12. The van der Waals surface area contributed by atoms with Crippen molar-refractivity contribution >= 4 is 11.7 Å². The summed E-state index contributed by atoms with van der Waals surface area (Å²) in [7, 11) is 0. The summed E-state index contributed by atoms with van der Waals surface area (Å²) < 4.78 is 41.2. The largest absolute Gasteiger partial charge is 0.478 e. The topological polar surface area (TPSA) is 49.3 Å². The Morgan fingerprint density at radius 3 is 2.48 bits per heavy atom. The van der Waals surface area contributed by atoms with E-state index in [1.54, 1.807) is 18.2 Å². The van der Waals surface area contributed by atoms with Crippen molar-refractivity contribution in [2.45, 2.75) is 31.5 Å². The number of fused-ring (bicyclic) bond motifs is 3. The van der Waals surface area contributed by atoms with Gasteiger partial charge in [0.15, 0.2) is 0 Å². The Hall–Kier alpha value is -2.76. The van der Waals surface area contributed by atoms with Gasteiger partial charge in [0, 0.05) is 11.6 Å². The van der Waals surface area contributed by atoms with Gasteiger partial charge in [0.1, 0.15) is 0 Å². The number of carbonyl (C=O) groups is 1. The van der Waals surface area contributed by atoms with Gasteiger partial charge >= 0.3 is 12.1 Å². The summed E-state index contributed by atoms with van der Waals surface area (Å²) in [6.07, 6.45) is 0.0760. The first-order valence-electron chi connectivity index (χ1n) is 8.74. The third kappa shape index (κ3) is 2.89. The summed E-state index contributed by atoms with van der Waals surface area (Å²) in [5, 5.41) is 12.4. The van der Waals surface area contributed by atoms with E-state index >= 15 is 0 Å². The summed E-state index contributed by atoms with van der Waals surface area (Å²) in [5.74, 6) is -1.37. The molecule has 0 bridgehead atoms. The van der Waals surface area contributed by atoms with Crippen LogP contribution in [0.2, 0.25) is 0 Å². The molecule has 0 amide bonds. The molecule has 2 aromatic carbocycles. The number of allylic oxidation sites excluding steroid dienone is 2. The number of aryl methyl sites for hydroxylation is 1. The molecule has 2 aliphatic rings. The van der Waals surface area contributed by atoms with Crippen LogP contribution in [-0.2, 0) is 6.18 Å². The lowest BCUT2D eigenvalue weighted by atomic mass is 9.74. The number of anilines is 1. The average molecular weight is 373 g/mol. The van der Waals surface area contributed by atoms with Crippen molar-refractivity contribution in [3.05, 3.63) is 76.4 Å². The summed E-state index contributed by atoms with van der Waals surface area (Å²) in [6.45, 7) is 1.49. The van der Waals surface area contributed by atoms with Crippen LogP contribution in [0.4, 0.5) is 18.9 Å². The Morgan fingerprint density at radius 1 is 1.15 bits per heavy atom. The van der Waals surface area contributed by atoms with Crippen molar-refractivity contribution in [1.29, 1.82) is 0 Å². The van der Waals surface area contributed by atoms with E-state index in [-0.39, 0.29) is 29.0 Å². The van der Waals surface area contributed by atoms with E-state index in [2.05, 4.69) is 5.32 Å². The third-order valence-electron chi connectivity index (χ3n) is 5.54. The first-order chi connectivity index (χ1) is 12.8. The van der Waals surface area contributed by atoms with Crippen molar-refractivity contribution in [1.82, 2.24) is 0 Å². The molecule has 6 heteroatoms. The van der Waals surface area contributed by atoms with Gasteiger partial charge in [-0.1, -0.05) is 30.4 Å². The Balaban J connectivity index is 1.80. The van der Waals surface area contributed by atoms with Crippen molar-refractivity contribution < 1.29 is 23.1 Å². The van der Waals surface area contributed by atoms with Crippen molar-refractivity contribution in [3.8, 4) is 0 Å². The van der Waals surface area contributed by atoms with Crippen LogP contribution in [0.1, 0.15) is 51.0 Å². The van der Waals surface area contributed by atoms with Gasteiger partial charge in [0.05, 0.1) is 17.2 Å². The van der Waals surface area contributed by atoms with E-state index in [1.807, 2.05) is 12.2 Å². The molecule has 3 nitrogen and oxygen atoms in total. The molecule has 0 aromatic heterocycles. The number of carboxylic acid groups (broad SMARTS) is 1. The Labute approximate surface area is 154 Å². The van der Waals surface area contributed by atoms with Gasteiger partial charge in [0.25, 0.3) is 0 Å². The second kappa shape index (κ2) is 6.15. The number of aromatic carboxylic acids is 1. The predicted octanol–water partition coefficient (Wildman–Crippen LogP) is 5.54. The fourth-order valence-corrected chi connectivity index (χ4v) is 4.34. The zero-order chi connectivity index (χ0) is 19.3. The molecule has 0 radical (unpaired) electrons. The zero-order valence-electron chi connectivity index (χ0n) is 14.5. The monoisotopic (exact) mass is 373 g/mol. The van der Waals surface area contributed by atoms with Crippen molar-refractivity contribution in [3.63, 3.8) is 0 Å². The molecule has 2 N–H and O–H groups in total. The van der Waals surface area contributed by atoms with E-state index in [9.17, 15) is 18.0 Å². The van der Waals surface area contributed by atoms with Crippen LogP contribution in [0.25, 0.3) is 0 Å². The Kier molecular flexibility index (Phi) is 4.02. The highest BCUT2D eigenvalue weighted by Crippen LogP contribution is 2.53. The average Bonchev–Trinajstić information content (AvgIpc) is 3.10. The van der Waals surface area contributed by atoms with Gasteiger partial charge < -0.3 is 10.4 Å². The molecule has 0 unspecified atom stereocenters. The molecule has 1 aliphatic carbocycles. The molecule has 3 atom stereocenters. The predicted molar refractivity (Wildman–Crippen MR) is 95.9 cm³/mol. The first-order valence-corrected chi connectivity index (χ1v) is 8.74. The molecule has 2 aromatic rings. The van der Waals surface area contributed by atoms with Gasteiger partial charge in [-0.2, -0.15) is 13.2 Å². The lowest BCUT2D eigenvalue weighted by molar-refractivity contribution is -0.138. The van der Waals surface area contributed by atoms with E-state index < -0.39 is 17.7 Å². The smallest absolute Gasteiger partial charge is 0.417 e. The highest BCUT2D eigenvalue weighted by Gasteiger charge is 2.44. The molecule has 0 fully saturated rings. The van der Waals surface area contributed by atoms with E-state index in [0.717, 1.165) is 5.56 Å². The van der Waals surface area contributed by atoms with Crippen LogP contribution in [0.3, 0.4) is 0 Å². The fraction of sp³-hybridized carbons (Fsp3) is 0.286. The standard InChI is InChI=1S/C21H18F3NO2/c1-11-5-10-16-17(18(11)21(22,23)24)14-3-2-4-15(14)19(25-16)12-6-8-13(9-7-12)20(26)27/h2-3,5-10,14-15,19,25H,4H2,1H3,(H,26,27)/t14-,15-,19-/m1/s1. The van der Waals surface area contributed by atoms with Gasteiger partial charge in [-0.25, -0.2) is 4.79 Å². The maximum atomic E-state index is 13.7. The summed E-state index contributed by atoms with van der Waals surface area (Å²) in [6, 6.07) is 9.56. The minimum atomic E-state index is -4.41.